The van der Waals surface area contributed by atoms with E-state index >= 15 is 0 Å². The highest BCUT2D eigenvalue weighted by Gasteiger charge is 2.24. The third-order valence-corrected chi connectivity index (χ3v) is 7.92. The van der Waals surface area contributed by atoms with Crippen molar-refractivity contribution in [3.05, 3.63) is 82.8 Å². The molecule has 0 aliphatic heterocycles. The van der Waals surface area contributed by atoms with E-state index in [1.54, 1.807) is 12.1 Å². The molecule has 1 heterocycles. The van der Waals surface area contributed by atoms with E-state index in [-0.39, 0.29) is 30.4 Å². The summed E-state index contributed by atoms with van der Waals surface area (Å²) in [7, 11) is -3.38. The van der Waals surface area contributed by atoms with Crippen molar-refractivity contribution in [1.29, 1.82) is 0 Å². The number of ether oxygens (including phenoxy) is 1. The van der Waals surface area contributed by atoms with Gasteiger partial charge in [0.2, 0.25) is 0 Å². The number of carboxylic acids is 1. The molecular weight excluding hydrogens is 562 g/mol. The zero-order chi connectivity index (χ0) is 30.6. The van der Waals surface area contributed by atoms with Crippen molar-refractivity contribution >= 4 is 33.5 Å². The molecule has 0 fully saturated rings. The second-order valence-corrected chi connectivity index (χ2v) is 13.1. The summed E-state index contributed by atoms with van der Waals surface area (Å²) in [6.07, 6.45) is 3.43. The van der Waals surface area contributed by atoms with Crippen molar-refractivity contribution in [2.45, 2.75) is 59.3 Å². The molecule has 0 bridgehead atoms. The normalized spacial score (nSPS) is 12.6. The van der Waals surface area contributed by atoms with Gasteiger partial charge in [-0.1, -0.05) is 44.2 Å². The Labute approximate surface area is 247 Å². The fourth-order valence-corrected chi connectivity index (χ4v) is 4.57. The summed E-state index contributed by atoms with van der Waals surface area (Å²) in [6.45, 7) is 8.27. The van der Waals surface area contributed by atoms with Crippen LogP contribution in [0.15, 0.2) is 59.0 Å². The molecule has 2 unspecified atom stereocenters. The highest BCUT2D eigenvalue weighted by Crippen LogP contribution is 2.29. The van der Waals surface area contributed by atoms with E-state index in [0.29, 0.717) is 5.56 Å². The molecule has 0 radical (unpaired) electrons. The fraction of sp³-hybridized carbons (Fsp3) is 0.419. The third-order valence-electron chi connectivity index (χ3n) is 6.36. The molecule has 0 saturated heterocycles. The van der Waals surface area contributed by atoms with Gasteiger partial charge in [-0.2, -0.15) is 11.8 Å². The molecule has 1 amide bonds. The van der Waals surface area contributed by atoms with Crippen LogP contribution in [0.5, 0.6) is 0 Å². The lowest BCUT2D eigenvalue weighted by atomic mass is 9.93. The molecule has 224 valence electrons. The number of sulfone groups is 1. The van der Waals surface area contributed by atoms with Crippen LogP contribution in [0.4, 0.5) is 0 Å². The smallest absolute Gasteiger partial charge is 0.326 e. The maximum atomic E-state index is 13.2. The topological polar surface area (TPSA) is 123 Å². The number of aryl methyl sites for hydroxylation is 2. The molecule has 0 saturated carbocycles. The molecule has 2 atom stereocenters. The minimum absolute atomic E-state index is 0.226. The Kier molecular flexibility index (Phi) is 13.6. The Morgan fingerprint density at radius 3 is 2.32 bits per heavy atom. The fourth-order valence-electron chi connectivity index (χ4n) is 3.91. The summed E-state index contributed by atoms with van der Waals surface area (Å²) in [5.74, 6) is 0.624. The third kappa shape index (κ3) is 11.0. The van der Waals surface area contributed by atoms with Gasteiger partial charge in [-0.3, -0.25) is 4.79 Å². The summed E-state index contributed by atoms with van der Waals surface area (Å²) < 4.78 is 34.8. The predicted octanol–water partition coefficient (Wildman–Crippen LogP) is 6.08. The van der Waals surface area contributed by atoms with Gasteiger partial charge >= 0.3 is 5.97 Å². The summed E-state index contributed by atoms with van der Waals surface area (Å²) in [5.41, 5.74) is 3.51. The number of carboxylic acid groups (broad SMARTS) is 1. The Hall–Kier alpha value is -3.08. The van der Waals surface area contributed by atoms with Gasteiger partial charge in [-0.15, -0.1) is 0 Å². The Morgan fingerprint density at radius 1 is 1.07 bits per heavy atom. The highest BCUT2D eigenvalue weighted by atomic mass is 32.2. The van der Waals surface area contributed by atoms with Crippen LogP contribution < -0.4 is 5.32 Å². The lowest BCUT2D eigenvalue weighted by molar-refractivity contribution is -0.139. The first kappa shape index (κ1) is 34.1. The number of carbonyl (C=O) groups excluding carboxylic acids is 1. The summed E-state index contributed by atoms with van der Waals surface area (Å²) in [6, 6.07) is 15.3. The quantitative estimate of drug-likeness (QED) is 0.241. The Bertz CT molecular complexity index is 1400. The molecular formula is C31H41NO7S2. The molecule has 0 aliphatic rings. The Balaban J connectivity index is 0.00000138. The average Bonchev–Trinajstić information content (AvgIpc) is 3.43. The molecule has 1 aromatic heterocycles. The van der Waals surface area contributed by atoms with E-state index in [2.05, 4.69) is 18.5 Å². The zero-order valence-electron chi connectivity index (χ0n) is 24.6. The van der Waals surface area contributed by atoms with E-state index < -0.39 is 27.8 Å². The van der Waals surface area contributed by atoms with Gasteiger partial charge in [0.15, 0.2) is 0 Å². The molecule has 2 N–H and O–H groups in total. The van der Waals surface area contributed by atoms with Gasteiger partial charge in [0.25, 0.3) is 5.91 Å². The lowest BCUT2D eigenvalue weighted by Gasteiger charge is -2.18. The Morgan fingerprint density at radius 2 is 1.76 bits per heavy atom. The number of amides is 1. The van der Waals surface area contributed by atoms with Gasteiger partial charge in [-0.25, -0.2) is 13.2 Å². The van der Waals surface area contributed by atoms with Crippen LogP contribution in [0.2, 0.25) is 0 Å². The molecule has 0 aliphatic carbocycles. The summed E-state index contributed by atoms with van der Waals surface area (Å²) in [4.78, 5) is 24.9. The van der Waals surface area contributed by atoms with Crippen molar-refractivity contribution in [1.82, 2.24) is 5.32 Å². The first-order chi connectivity index (χ1) is 19.4. The standard InChI is InChI=1S/C28H33NO7S.C3H8S/c1-5-21-11-13-26(36-21)19(3)35-17-20-10-12-23(24(16-20)22-9-7-6-8-18(22)2)27(30)29-25(28(31)32)14-15-37(4,33)34;1-3-4-2/h6-13,16,19,25H,5,14-15,17H2,1-4H3,(H,29,30)(H,31,32);3H2,1-2H3. The molecule has 10 heteroatoms. The number of carbonyl (C=O) groups is 2. The highest BCUT2D eigenvalue weighted by molar-refractivity contribution is 7.98. The van der Waals surface area contributed by atoms with Gasteiger partial charge in [0.1, 0.15) is 33.5 Å². The van der Waals surface area contributed by atoms with E-state index in [4.69, 9.17) is 9.15 Å². The first-order valence-electron chi connectivity index (χ1n) is 13.5. The van der Waals surface area contributed by atoms with Crippen molar-refractivity contribution in [2.24, 2.45) is 0 Å². The van der Waals surface area contributed by atoms with Crippen LogP contribution in [0.25, 0.3) is 11.1 Å². The van der Waals surface area contributed by atoms with Crippen molar-refractivity contribution in [3.63, 3.8) is 0 Å². The number of rotatable bonds is 13. The monoisotopic (exact) mass is 603 g/mol. The number of thioether (sulfide) groups is 1. The number of aliphatic carboxylic acids is 1. The summed E-state index contributed by atoms with van der Waals surface area (Å²) in [5, 5.41) is 12.0. The van der Waals surface area contributed by atoms with E-state index in [1.165, 1.54) is 5.75 Å². The second kappa shape index (κ2) is 16.4. The van der Waals surface area contributed by atoms with Crippen LogP contribution >= 0.6 is 11.8 Å². The van der Waals surface area contributed by atoms with Crippen LogP contribution in [0.3, 0.4) is 0 Å². The van der Waals surface area contributed by atoms with Crippen LogP contribution in [0, 0.1) is 6.92 Å². The molecule has 0 spiro atoms. The van der Waals surface area contributed by atoms with Crippen LogP contribution in [-0.4, -0.2) is 55.5 Å². The molecule has 3 rings (SSSR count). The largest absolute Gasteiger partial charge is 0.480 e. The lowest BCUT2D eigenvalue weighted by Crippen LogP contribution is -2.42. The van der Waals surface area contributed by atoms with E-state index in [1.807, 2.05) is 75.0 Å². The van der Waals surface area contributed by atoms with Crippen LogP contribution in [0.1, 0.15) is 66.3 Å². The van der Waals surface area contributed by atoms with Gasteiger partial charge in [0.05, 0.1) is 12.4 Å². The number of nitrogens with one attached hydrogen (secondary N) is 1. The number of hydrogen-bond acceptors (Lipinski definition) is 7. The van der Waals surface area contributed by atoms with Gasteiger partial charge in [-0.05, 0) is 78.8 Å². The maximum absolute atomic E-state index is 13.2. The molecule has 3 aromatic rings. The van der Waals surface area contributed by atoms with E-state index in [9.17, 15) is 23.1 Å². The molecule has 41 heavy (non-hydrogen) atoms. The van der Waals surface area contributed by atoms with Crippen LogP contribution in [-0.2, 0) is 32.4 Å². The average molecular weight is 604 g/mol. The predicted molar refractivity (Wildman–Crippen MR) is 165 cm³/mol. The SMILES string of the molecule is CCSC.CCc1ccc(C(C)OCc2ccc(C(=O)NC(CCS(C)(=O)=O)C(=O)O)c(-c3ccccc3C)c2)o1. The number of hydrogen-bond donors (Lipinski definition) is 2. The van der Waals surface area contributed by atoms with Gasteiger partial charge in [0, 0.05) is 18.2 Å². The van der Waals surface area contributed by atoms with Crippen molar-refractivity contribution in [3.8, 4) is 11.1 Å². The maximum Gasteiger partial charge on any atom is 0.326 e. The van der Waals surface area contributed by atoms with Crippen molar-refractivity contribution in [2.75, 3.05) is 24.0 Å². The zero-order valence-corrected chi connectivity index (χ0v) is 26.2. The minimum atomic E-state index is -3.38. The minimum Gasteiger partial charge on any atom is -0.480 e. The first-order valence-corrected chi connectivity index (χ1v) is 16.9. The van der Waals surface area contributed by atoms with Crippen molar-refractivity contribution < 1.29 is 32.3 Å². The van der Waals surface area contributed by atoms with E-state index in [0.717, 1.165) is 40.9 Å². The molecule has 8 nitrogen and oxygen atoms in total. The van der Waals surface area contributed by atoms with Gasteiger partial charge < -0.3 is 19.6 Å². The summed E-state index contributed by atoms with van der Waals surface area (Å²) >= 11 is 1.86. The number of benzene rings is 2. The number of furan rings is 1. The molecule has 2 aromatic carbocycles. The second-order valence-electron chi connectivity index (χ2n) is 9.67.